The van der Waals surface area contributed by atoms with Crippen LogP contribution in [-0.4, -0.2) is 30.4 Å². The molecule has 0 aliphatic carbocycles. The molecule has 102 valence electrons. The van der Waals surface area contributed by atoms with Gasteiger partial charge in [-0.25, -0.2) is 0 Å². The minimum Gasteiger partial charge on any atom is -0.376 e. The van der Waals surface area contributed by atoms with Crippen LogP contribution in [0.1, 0.15) is 46.5 Å². The first-order valence-corrected chi connectivity index (χ1v) is 6.83. The van der Waals surface area contributed by atoms with Crippen molar-refractivity contribution in [3.63, 3.8) is 0 Å². The number of carbonyl (C=O) groups excluding carboxylic acids is 1. The fourth-order valence-electron chi connectivity index (χ4n) is 1.61. The lowest BCUT2D eigenvalue weighted by Gasteiger charge is -2.19. The highest BCUT2D eigenvalue weighted by molar-refractivity contribution is 5.97. The summed E-state index contributed by atoms with van der Waals surface area (Å²) < 4.78 is 0. The fraction of sp³-hybridized carbons (Fsp3) is 0.714. The highest BCUT2D eigenvalue weighted by Gasteiger charge is 2.09. The van der Waals surface area contributed by atoms with Crippen LogP contribution in [0.4, 0.5) is 0 Å². The van der Waals surface area contributed by atoms with E-state index in [4.69, 9.17) is 5.26 Å². The Balaban J connectivity index is 4.51. The summed E-state index contributed by atoms with van der Waals surface area (Å²) in [5.41, 5.74) is 0.202. The number of rotatable bonds is 9. The number of carbonyl (C=O) groups is 1. The lowest BCUT2D eigenvalue weighted by molar-refractivity contribution is -0.117. The largest absolute Gasteiger partial charge is 0.376 e. The molecule has 0 bridgehead atoms. The maximum Gasteiger partial charge on any atom is 0.263 e. The third-order valence-corrected chi connectivity index (χ3v) is 2.51. The number of nitriles is 1. The Hall–Kier alpha value is -1.50. The van der Waals surface area contributed by atoms with E-state index in [1.54, 1.807) is 6.20 Å². The minimum atomic E-state index is -0.261. The molecule has 0 aromatic carbocycles. The molecule has 0 unspecified atom stereocenters. The molecule has 0 aromatic rings. The molecular weight excluding hydrogens is 226 g/mol. The summed E-state index contributed by atoms with van der Waals surface area (Å²) in [5, 5.41) is 11.8. The molecule has 18 heavy (non-hydrogen) atoms. The Morgan fingerprint density at radius 1 is 1.22 bits per heavy atom. The number of amides is 1. The molecule has 0 aliphatic rings. The zero-order valence-electron chi connectivity index (χ0n) is 11.8. The van der Waals surface area contributed by atoms with Crippen LogP contribution in [0.3, 0.4) is 0 Å². The van der Waals surface area contributed by atoms with Gasteiger partial charge in [-0.2, -0.15) is 5.26 Å². The molecule has 0 saturated heterocycles. The van der Waals surface area contributed by atoms with Gasteiger partial charge in [0.05, 0.1) is 0 Å². The Kier molecular flexibility index (Phi) is 9.75. The second-order valence-electron chi connectivity index (χ2n) is 4.30. The van der Waals surface area contributed by atoms with Crippen LogP contribution in [0.2, 0.25) is 0 Å². The highest BCUT2D eigenvalue weighted by Crippen LogP contribution is 2.01. The Bertz CT molecular complexity index is 299. The van der Waals surface area contributed by atoms with Gasteiger partial charge in [-0.3, -0.25) is 4.79 Å². The topological polar surface area (TPSA) is 56.1 Å². The molecule has 1 N–H and O–H groups in total. The van der Waals surface area contributed by atoms with Crippen molar-refractivity contribution in [1.82, 2.24) is 10.2 Å². The van der Waals surface area contributed by atoms with E-state index < -0.39 is 0 Å². The summed E-state index contributed by atoms with van der Waals surface area (Å²) in [7, 11) is 0. The molecule has 0 spiro atoms. The van der Waals surface area contributed by atoms with Gasteiger partial charge in [0, 0.05) is 25.8 Å². The van der Waals surface area contributed by atoms with Crippen molar-refractivity contribution in [3.05, 3.63) is 11.8 Å². The van der Waals surface area contributed by atoms with Crippen LogP contribution in [0.25, 0.3) is 0 Å². The van der Waals surface area contributed by atoms with Crippen molar-refractivity contribution < 1.29 is 4.79 Å². The molecule has 1 amide bonds. The van der Waals surface area contributed by atoms with E-state index in [0.29, 0.717) is 6.54 Å². The maximum atomic E-state index is 11.8. The monoisotopic (exact) mass is 251 g/mol. The van der Waals surface area contributed by atoms with Gasteiger partial charge in [0.1, 0.15) is 11.6 Å². The normalized spacial score (nSPS) is 10.9. The smallest absolute Gasteiger partial charge is 0.263 e. The molecule has 0 saturated carbocycles. The molecule has 4 nitrogen and oxygen atoms in total. The van der Waals surface area contributed by atoms with E-state index in [9.17, 15) is 4.79 Å². The van der Waals surface area contributed by atoms with Crippen LogP contribution in [0, 0.1) is 11.3 Å². The predicted octanol–water partition coefficient (Wildman–Crippen LogP) is 2.43. The minimum absolute atomic E-state index is 0.202. The molecule has 0 heterocycles. The van der Waals surface area contributed by atoms with Crippen molar-refractivity contribution in [1.29, 1.82) is 5.26 Å². The van der Waals surface area contributed by atoms with Gasteiger partial charge in [-0.15, -0.1) is 0 Å². The van der Waals surface area contributed by atoms with Crippen molar-refractivity contribution >= 4 is 5.91 Å². The predicted molar refractivity (Wildman–Crippen MR) is 73.8 cm³/mol. The van der Waals surface area contributed by atoms with Crippen molar-refractivity contribution in [2.75, 3.05) is 19.6 Å². The van der Waals surface area contributed by atoms with Gasteiger partial charge in [0.2, 0.25) is 0 Å². The molecule has 0 aromatic heterocycles. The van der Waals surface area contributed by atoms with Crippen LogP contribution < -0.4 is 5.32 Å². The second-order valence-corrected chi connectivity index (χ2v) is 4.30. The molecular formula is C14H25N3O. The molecule has 0 rings (SSSR count). The summed E-state index contributed by atoms with van der Waals surface area (Å²) in [6, 6.07) is 1.98. The average molecular weight is 251 g/mol. The zero-order valence-corrected chi connectivity index (χ0v) is 11.8. The molecule has 0 aliphatic heterocycles. The maximum absolute atomic E-state index is 11.8. The van der Waals surface area contributed by atoms with E-state index in [2.05, 4.69) is 26.1 Å². The summed E-state index contributed by atoms with van der Waals surface area (Å²) >= 11 is 0. The molecule has 0 fully saturated rings. The van der Waals surface area contributed by atoms with Crippen LogP contribution >= 0.6 is 0 Å². The summed E-state index contributed by atoms with van der Waals surface area (Å²) in [6.07, 6.45) is 5.68. The van der Waals surface area contributed by atoms with Crippen molar-refractivity contribution in [3.8, 4) is 6.07 Å². The van der Waals surface area contributed by atoms with Crippen molar-refractivity contribution in [2.45, 2.75) is 46.5 Å². The SMILES string of the molecule is CCCCNC(=O)/C(C#N)=C\N(CCC)CCC. The number of unbranched alkanes of at least 4 members (excludes halogenated alkanes) is 1. The van der Waals surface area contributed by atoms with Gasteiger partial charge >= 0.3 is 0 Å². The molecule has 4 heteroatoms. The molecule has 0 atom stereocenters. The lowest BCUT2D eigenvalue weighted by atomic mass is 10.2. The highest BCUT2D eigenvalue weighted by atomic mass is 16.1. The second kappa shape index (κ2) is 10.6. The summed E-state index contributed by atoms with van der Waals surface area (Å²) in [6.45, 7) is 8.63. The quantitative estimate of drug-likeness (QED) is 0.389. The number of hydrogen-bond acceptors (Lipinski definition) is 3. The third-order valence-electron chi connectivity index (χ3n) is 2.51. The Morgan fingerprint density at radius 3 is 2.28 bits per heavy atom. The van der Waals surface area contributed by atoms with Gasteiger partial charge in [-0.05, 0) is 19.3 Å². The number of hydrogen-bond donors (Lipinski definition) is 1. The van der Waals surface area contributed by atoms with Crippen LogP contribution in [0.5, 0.6) is 0 Å². The van der Waals surface area contributed by atoms with Gasteiger partial charge in [-0.1, -0.05) is 27.2 Å². The van der Waals surface area contributed by atoms with E-state index in [-0.39, 0.29) is 11.5 Å². The van der Waals surface area contributed by atoms with Crippen molar-refractivity contribution in [2.24, 2.45) is 0 Å². The Morgan fingerprint density at radius 2 is 1.83 bits per heavy atom. The third kappa shape index (κ3) is 6.95. The van der Waals surface area contributed by atoms with Crippen LogP contribution in [-0.2, 0) is 4.79 Å². The van der Waals surface area contributed by atoms with E-state index in [1.807, 2.05) is 11.0 Å². The van der Waals surface area contributed by atoms with E-state index in [1.165, 1.54) is 0 Å². The standard InChI is InChI=1S/C14H25N3O/c1-4-7-8-16-14(18)13(11-15)12-17(9-5-2)10-6-3/h12H,4-10H2,1-3H3,(H,16,18)/b13-12-. The average Bonchev–Trinajstić information content (AvgIpc) is 2.36. The van der Waals surface area contributed by atoms with E-state index in [0.717, 1.165) is 38.8 Å². The Labute approximate surface area is 111 Å². The summed E-state index contributed by atoms with van der Waals surface area (Å²) in [4.78, 5) is 13.8. The first-order chi connectivity index (χ1) is 8.69. The first-order valence-electron chi connectivity index (χ1n) is 6.83. The number of nitrogens with zero attached hydrogens (tertiary/aromatic N) is 2. The lowest BCUT2D eigenvalue weighted by Crippen LogP contribution is -2.28. The van der Waals surface area contributed by atoms with Crippen LogP contribution in [0.15, 0.2) is 11.8 Å². The zero-order chi connectivity index (χ0) is 13.8. The van der Waals surface area contributed by atoms with Gasteiger partial charge in [0.25, 0.3) is 5.91 Å². The summed E-state index contributed by atoms with van der Waals surface area (Å²) in [5.74, 6) is -0.261. The van der Waals surface area contributed by atoms with Gasteiger partial charge < -0.3 is 10.2 Å². The fourth-order valence-corrected chi connectivity index (χ4v) is 1.61. The first kappa shape index (κ1) is 16.5. The van der Waals surface area contributed by atoms with Gasteiger partial charge in [0.15, 0.2) is 0 Å². The van der Waals surface area contributed by atoms with E-state index >= 15 is 0 Å². The number of nitrogens with one attached hydrogen (secondary N) is 1. The molecule has 0 radical (unpaired) electrons.